The second-order valence-corrected chi connectivity index (χ2v) is 9.78. The van der Waals surface area contributed by atoms with Crippen molar-refractivity contribution < 1.29 is 13.9 Å². The van der Waals surface area contributed by atoms with Gasteiger partial charge in [0.05, 0.1) is 35.9 Å². The van der Waals surface area contributed by atoms with Crippen LogP contribution >= 0.6 is 0 Å². The van der Waals surface area contributed by atoms with Gasteiger partial charge >= 0.3 is 0 Å². The highest BCUT2D eigenvalue weighted by molar-refractivity contribution is 6.04. The SMILES string of the molecule is COc1cc(F)cc(-c2cccc3[nH]c(-c4n[nH]c5ccc(-c6cncc(NC(=O)c7ccccc7)c6)nc45)cc23)c1. The first-order chi connectivity index (χ1) is 20.6. The second-order valence-electron chi connectivity index (χ2n) is 9.78. The number of benzene rings is 3. The molecule has 42 heavy (non-hydrogen) atoms. The molecule has 7 aromatic rings. The molecular formula is C33H23FN6O2. The molecule has 0 aliphatic carbocycles. The van der Waals surface area contributed by atoms with E-state index in [9.17, 15) is 9.18 Å². The summed E-state index contributed by atoms with van der Waals surface area (Å²) in [6.45, 7) is 0. The van der Waals surface area contributed by atoms with Crippen molar-refractivity contribution in [3.05, 3.63) is 115 Å². The van der Waals surface area contributed by atoms with Gasteiger partial charge in [0.1, 0.15) is 22.8 Å². The summed E-state index contributed by atoms with van der Waals surface area (Å²) in [5.41, 5.74) is 7.84. The van der Waals surface area contributed by atoms with E-state index in [0.717, 1.165) is 33.2 Å². The minimum atomic E-state index is -0.370. The summed E-state index contributed by atoms with van der Waals surface area (Å²) in [5.74, 6) is -0.138. The molecule has 4 aromatic heterocycles. The van der Waals surface area contributed by atoms with E-state index >= 15 is 0 Å². The quantitative estimate of drug-likeness (QED) is 0.201. The fourth-order valence-corrected chi connectivity index (χ4v) is 5.06. The maximum atomic E-state index is 14.3. The molecule has 8 nitrogen and oxygen atoms in total. The molecule has 7 rings (SSSR count). The average molecular weight is 555 g/mol. The third kappa shape index (κ3) is 4.62. The molecule has 0 radical (unpaired) electrons. The van der Waals surface area contributed by atoms with Gasteiger partial charge in [0.25, 0.3) is 5.91 Å². The van der Waals surface area contributed by atoms with Crippen LogP contribution < -0.4 is 10.1 Å². The third-order valence-electron chi connectivity index (χ3n) is 7.07. The Bertz CT molecular complexity index is 2100. The van der Waals surface area contributed by atoms with Crippen molar-refractivity contribution >= 4 is 33.5 Å². The average Bonchev–Trinajstić information content (AvgIpc) is 3.65. The van der Waals surface area contributed by atoms with Gasteiger partial charge in [-0.1, -0.05) is 30.3 Å². The number of amides is 1. The van der Waals surface area contributed by atoms with Crippen molar-refractivity contribution in [2.75, 3.05) is 12.4 Å². The minimum absolute atomic E-state index is 0.218. The van der Waals surface area contributed by atoms with E-state index in [4.69, 9.17) is 9.72 Å². The number of hydrogen-bond donors (Lipinski definition) is 3. The van der Waals surface area contributed by atoms with Crippen LogP contribution in [0.5, 0.6) is 5.75 Å². The number of nitrogens with zero attached hydrogens (tertiary/aromatic N) is 3. The lowest BCUT2D eigenvalue weighted by atomic mass is 10.0. The van der Waals surface area contributed by atoms with Crippen molar-refractivity contribution in [2.24, 2.45) is 0 Å². The molecule has 0 saturated carbocycles. The van der Waals surface area contributed by atoms with Gasteiger partial charge in [0.2, 0.25) is 0 Å². The monoisotopic (exact) mass is 554 g/mol. The number of nitrogens with one attached hydrogen (secondary N) is 3. The number of carbonyl (C=O) groups excluding carboxylic acids is 1. The van der Waals surface area contributed by atoms with Crippen LogP contribution in [0.3, 0.4) is 0 Å². The molecule has 9 heteroatoms. The fraction of sp³-hybridized carbons (Fsp3) is 0.0303. The Morgan fingerprint density at radius 3 is 2.62 bits per heavy atom. The van der Waals surface area contributed by atoms with E-state index < -0.39 is 0 Å². The summed E-state index contributed by atoms with van der Waals surface area (Å²) in [4.78, 5) is 25.3. The molecule has 0 spiro atoms. The maximum absolute atomic E-state index is 14.3. The van der Waals surface area contributed by atoms with Gasteiger partial charge in [-0.2, -0.15) is 5.10 Å². The van der Waals surface area contributed by atoms with Crippen LogP contribution in [0.25, 0.3) is 55.7 Å². The van der Waals surface area contributed by atoms with E-state index in [1.54, 1.807) is 24.5 Å². The van der Waals surface area contributed by atoms with Crippen LogP contribution in [0, 0.1) is 5.82 Å². The number of methoxy groups -OCH3 is 1. The van der Waals surface area contributed by atoms with Crippen molar-refractivity contribution in [2.45, 2.75) is 0 Å². The largest absolute Gasteiger partial charge is 0.497 e. The van der Waals surface area contributed by atoms with E-state index in [0.29, 0.717) is 39.5 Å². The summed E-state index contributed by atoms with van der Waals surface area (Å²) < 4.78 is 19.6. The molecule has 4 heterocycles. The van der Waals surface area contributed by atoms with E-state index in [1.165, 1.54) is 19.2 Å². The van der Waals surface area contributed by atoms with Gasteiger partial charge in [-0.05, 0) is 65.7 Å². The predicted octanol–water partition coefficient (Wildman–Crippen LogP) is 7.24. The molecule has 0 unspecified atom stereocenters. The lowest BCUT2D eigenvalue weighted by Gasteiger charge is -2.07. The standard InChI is InChI=1S/C33H23FN6O2/c1-42-24-14-20(12-22(34)15-24)25-8-5-9-28-26(25)16-30(37-28)32-31-29(39-40-32)11-10-27(38-31)21-13-23(18-35-17-21)36-33(41)19-6-3-2-4-7-19/h2-18,37H,1H3,(H,36,41)(H,39,40). The Balaban J connectivity index is 1.25. The van der Waals surface area contributed by atoms with Crippen molar-refractivity contribution in [3.8, 4) is 39.5 Å². The second kappa shape index (κ2) is 10.3. The molecule has 1 amide bonds. The first kappa shape index (κ1) is 25.2. The molecule has 3 aromatic carbocycles. The molecular weight excluding hydrogens is 531 g/mol. The summed E-state index contributed by atoms with van der Waals surface area (Å²) in [7, 11) is 1.52. The molecule has 0 bridgehead atoms. The molecule has 0 atom stereocenters. The van der Waals surface area contributed by atoms with Gasteiger partial charge in [-0.3, -0.25) is 14.9 Å². The number of halogens is 1. The van der Waals surface area contributed by atoms with Gasteiger partial charge in [0, 0.05) is 34.3 Å². The van der Waals surface area contributed by atoms with Gasteiger partial charge in [0.15, 0.2) is 0 Å². The number of hydrogen-bond acceptors (Lipinski definition) is 5. The number of aromatic nitrogens is 5. The number of rotatable bonds is 6. The van der Waals surface area contributed by atoms with Crippen LogP contribution in [0.2, 0.25) is 0 Å². The predicted molar refractivity (Wildman–Crippen MR) is 161 cm³/mol. The Morgan fingerprint density at radius 1 is 0.881 bits per heavy atom. The molecule has 3 N–H and O–H groups in total. The number of carbonyl (C=O) groups is 1. The molecule has 0 fully saturated rings. The molecule has 204 valence electrons. The van der Waals surface area contributed by atoms with Crippen LogP contribution in [-0.2, 0) is 0 Å². The Labute approximate surface area is 239 Å². The third-order valence-corrected chi connectivity index (χ3v) is 7.07. The highest BCUT2D eigenvalue weighted by Gasteiger charge is 2.16. The van der Waals surface area contributed by atoms with E-state index in [-0.39, 0.29) is 11.7 Å². The number of ether oxygens (including phenoxy) is 1. The van der Waals surface area contributed by atoms with E-state index in [2.05, 4.69) is 25.5 Å². The number of fused-ring (bicyclic) bond motifs is 2. The Hall–Kier alpha value is -5.83. The van der Waals surface area contributed by atoms with Crippen LogP contribution in [0.15, 0.2) is 103 Å². The van der Waals surface area contributed by atoms with Crippen molar-refractivity contribution in [3.63, 3.8) is 0 Å². The number of aromatic amines is 2. The molecule has 0 aliphatic rings. The topological polar surface area (TPSA) is 109 Å². The van der Waals surface area contributed by atoms with Gasteiger partial charge in [-0.25, -0.2) is 9.37 Å². The summed E-state index contributed by atoms with van der Waals surface area (Å²) in [6, 6.07) is 27.1. The number of H-pyrrole nitrogens is 2. The minimum Gasteiger partial charge on any atom is -0.497 e. The molecule has 0 saturated heterocycles. The zero-order valence-electron chi connectivity index (χ0n) is 22.4. The zero-order valence-corrected chi connectivity index (χ0v) is 22.4. The lowest BCUT2D eigenvalue weighted by molar-refractivity contribution is 0.102. The molecule has 0 aliphatic heterocycles. The number of pyridine rings is 2. The summed E-state index contributed by atoms with van der Waals surface area (Å²) >= 11 is 0. The Kier molecular flexibility index (Phi) is 6.16. The van der Waals surface area contributed by atoms with Crippen LogP contribution in [-0.4, -0.2) is 38.2 Å². The number of anilines is 1. The van der Waals surface area contributed by atoms with Crippen LogP contribution in [0.4, 0.5) is 10.1 Å². The summed E-state index contributed by atoms with van der Waals surface area (Å²) in [6.07, 6.45) is 3.30. The van der Waals surface area contributed by atoms with E-state index in [1.807, 2.05) is 66.7 Å². The van der Waals surface area contributed by atoms with Crippen LogP contribution in [0.1, 0.15) is 10.4 Å². The van der Waals surface area contributed by atoms with Gasteiger partial charge < -0.3 is 15.0 Å². The van der Waals surface area contributed by atoms with Gasteiger partial charge in [-0.15, -0.1) is 0 Å². The lowest BCUT2D eigenvalue weighted by Crippen LogP contribution is -2.11. The highest BCUT2D eigenvalue weighted by atomic mass is 19.1. The zero-order chi connectivity index (χ0) is 28.6. The fourth-order valence-electron chi connectivity index (χ4n) is 5.06. The van der Waals surface area contributed by atoms with Crippen molar-refractivity contribution in [1.29, 1.82) is 0 Å². The highest BCUT2D eigenvalue weighted by Crippen LogP contribution is 2.35. The first-order valence-corrected chi connectivity index (χ1v) is 13.2. The normalized spacial score (nSPS) is 11.2. The summed E-state index contributed by atoms with van der Waals surface area (Å²) in [5, 5.41) is 11.4. The van der Waals surface area contributed by atoms with Crippen molar-refractivity contribution in [1.82, 2.24) is 25.1 Å². The maximum Gasteiger partial charge on any atom is 0.255 e. The Morgan fingerprint density at radius 2 is 1.76 bits per heavy atom. The first-order valence-electron chi connectivity index (χ1n) is 13.2. The smallest absolute Gasteiger partial charge is 0.255 e.